The molecule has 1 fully saturated rings. The summed E-state index contributed by atoms with van der Waals surface area (Å²) in [5.41, 5.74) is 1.49. The van der Waals surface area contributed by atoms with Crippen molar-refractivity contribution in [2.24, 2.45) is 5.92 Å². The lowest BCUT2D eigenvalue weighted by Gasteiger charge is -2.17. The Bertz CT molecular complexity index is 443. The third-order valence-corrected chi connectivity index (χ3v) is 2.95. The normalized spacial score (nSPS) is 15.9. The number of benzene rings is 1. The van der Waals surface area contributed by atoms with Crippen molar-refractivity contribution in [1.29, 1.82) is 5.26 Å². The molecule has 0 radical (unpaired) electrons. The topological polar surface area (TPSA) is 73.1 Å². The number of carboxylic acids is 1. The van der Waals surface area contributed by atoms with Crippen molar-refractivity contribution in [3.05, 3.63) is 29.8 Å². The number of anilines is 1. The minimum Gasteiger partial charge on any atom is -0.481 e. The van der Waals surface area contributed by atoms with E-state index in [1.165, 1.54) is 0 Å². The molecular weight excluding hydrogens is 216 g/mol. The highest BCUT2D eigenvalue weighted by Crippen LogP contribution is 2.35. The zero-order valence-electron chi connectivity index (χ0n) is 9.39. The first-order chi connectivity index (χ1) is 8.19. The van der Waals surface area contributed by atoms with E-state index in [-0.39, 0.29) is 12.5 Å². The van der Waals surface area contributed by atoms with Gasteiger partial charge in [0.15, 0.2) is 0 Å². The van der Waals surface area contributed by atoms with E-state index in [9.17, 15) is 4.79 Å². The van der Waals surface area contributed by atoms with Crippen molar-refractivity contribution in [2.75, 3.05) is 5.32 Å². The summed E-state index contributed by atoms with van der Waals surface area (Å²) in [4.78, 5) is 10.7. The molecule has 1 saturated carbocycles. The van der Waals surface area contributed by atoms with Gasteiger partial charge in [0.2, 0.25) is 0 Å². The maximum Gasteiger partial charge on any atom is 0.305 e. The molecule has 1 aromatic carbocycles. The van der Waals surface area contributed by atoms with E-state index in [0.717, 1.165) is 18.5 Å². The highest BCUT2D eigenvalue weighted by atomic mass is 16.4. The lowest BCUT2D eigenvalue weighted by molar-refractivity contribution is -0.137. The maximum atomic E-state index is 10.7. The second-order valence-corrected chi connectivity index (χ2v) is 4.38. The smallest absolute Gasteiger partial charge is 0.305 e. The summed E-state index contributed by atoms with van der Waals surface area (Å²) in [5, 5.41) is 20.8. The molecule has 4 nitrogen and oxygen atoms in total. The van der Waals surface area contributed by atoms with Crippen LogP contribution in [0.25, 0.3) is 0 Å². The van der Waals surface area contributed by atoms with Crippen molar-refractivity contribution in [1.82, 2.24) is 0 Å². The van der Waals surface area contributed by atoms with Crippen molar-refractivity contribution >= 4 is 11.7 Å². The summed E-state index contributed by atoms with van der Waals surface area (Å²) in [5.74, 6) is -0.301. The molecule has 0 saturated heterocycles. The van der Waals surface area contributed by atoms with Crippen LogP contribution in [0.1, 0.15) is 24.8 Å². The molecule has 2 N–H and O–H groups in total. The second kappa shape index (κ2) is 4.88. The first kappa shape index (κ1) is 11.5. The Balaban J connectivity index is 2.01. The molecule has 0 bridgehead atoms. The van der Waals surface area contributed by atoms with Gasteiger partial charge in [-0.05, 0) is 43.0 Å². The molecule has 0 aliphatic heterocycles. The summed E-state index contributed by atoms with van der Waals surface area (Å²) in [6, 6.07) is 9.14. The van der Waals surface area contributed by atoms with Crippen LogP contribution in [0.15, 0.2) is 24.3 Å². The number of rotatable bonds is 5. The number of hydrogen-bond acceptors (Lipinski definition) is 3. The Hall–Kier alpha value is -2.02. The number of carboxylic acid groups (broad SMARTS) is 1. The Morgan fingerprint density at radius 3 is 2.59 bits per heavy atom. The zero-order valence-corrected chi connectivity index (χ0v) is 9.39. The van der Waals surface area contributed by atoms with Gasteiger partial charge in [-0.25, -0.2) is 0 Å². The van der Waals surface area contributed by atoms with E-state index in [1.807, 2.05) is 12.1 Å². The van der Waals surface area contributed by atoms with Crippen LogP contribution in [0.2, 0.25) is 0 Å². The average molecular weight is 230 g/mol. The van der Waals surface area contributed by atoms with E-state index < -0.39 is 5.97 Å². The first-order valence-corrected chi connectivity index (χ1v) is 5.67. The van der Waals surface area contributed by atoms with Crippen LogP contribution in [-0.2, 0) is 4.79 Å². The van der Waals surface area contributed by atoms with Crippen LogP contribution in [0.5, 0.6) is 0 Å². The highest BCUT2D eigenvalue weighted by molar-refractivity contribution is 5.68. The third kappa shape index (κ3) is 3.22. The van der Waals surface area contributed by atoms with Crippen LogP contribution in [-0.4, -0.2) is 17.1 Å². The summed E-state index contributed by atoms with van der Waals surface area (Å²) in [6.45, 7) is 0. The van der Waals surface area contributed by atoms with Crippen molar-refractivity contribution in [2.45, 2.75) is 25.3 Å². The van der Waals surface area contributed by atoms with E-state index in [2.05, 4.69) is 11.4 Å². The van der Waals surface area contributed by atoms with E-state index in [4.69, 9.17) is 10.4 Å². The predicted octanol–water partition coefficient (Wildman–Crippen LogP) is 2.22. The SMILES string of the molecule is N#Cc1ccc(NC(CC(=O)O)C2CC2)cc1. The van der Waals surface area contributed by atoms with E-state index in [1.54, 1.807) is 12.1 Å². The maximum absolute atomic E-state index is 10.7. The summed E-state index contributed by atoms with van der Waals surface area (Å²) in [7, 11) is 0. The third-order valence-electron chi connectivity index (χ3n) is 2.95. The fraction of sp³-hybridized carbons (Fsp3) is 0.385. The van der Waals surface area contributed by atoms with E-state index in [0.29, 0.717) is 11.5 Å². The van der Waals surface area contributed by atoms with Gasteiger partial charge in [0, 0.05) is 11.7 Å². The molecule has 4 heteroatoms. The molecule has 0 spiro atoms. The first-order valence-electron chi connectivity index (χ1n) is 5.67. The van der Waals surface area contributed by atoms with Crippen LogP contribution < -0.4 is 5.32 Å². The van der Waals surface area contributed by atoms with Gasteiger partial charge in [-0.15, -0.1) is 0 Å². The number of carbonyl (C=O) groups is 1. The number of aliphatic carboxylic acids is 1. The second-order valence-electron chi connectivity index (χ2n) is 4.38. The zero-order chi connectivity index (χ0) is 12.3. The van der Waals surface area contributed by atoms with Crippen LogP contribution in [0.4, 0.5) is 5.69 Å². The largest absolute Gasteiger partial charge is 0.481 e. The molecule has 0 amide bonds. The van der Waals surface area contributed by atoms with Crippen molar-refractivity contribution < 1.29 is 9.90 Å². The Kier molecular flexibility index (Phi) is 3.29. The molecule has 1 unspecified atom stereocenters. The minimum absolute atomic E-state index is 0.000403. The van der Waals surface area contributed by atoms with Gasteiger partial charge in [-0.2, -0.15) is 5.26 Å². The molecular formula is C13H14N2O2. The number of nitrogens with one attached hydrogen (secondary N) is 1. The van der Waals surface area contributed by atoms with Gasteiger partial charge in [0.05, 0.1) is 18.1 Å². The number of nitriles is 1. The van der Waals surface area contributed by atoms with Gasteiger partial charge in [-0.1, -0.05) is 0 Å². The fourth-order valence-electron chi connectivity index (χ4n) is 1.88. The highest BCUT2D eigenvalue weighted by Gasteiger charge is 2.32. The minimum atomic E-state index is -0.775. The predicted molar refractivity (Wildman–Crippen MR) is 63.5 cm³/mol. The average Bonchev–Trinajstić information content (AvgIpc) is 3.12. The molecule has 0 aromatic heterocycles. The summed E-state index contributed by atoms with van der Waals surface area (Å²) in [6.07, 6.45) is 2.34. The van der Waals surface area contributed by atoms with Gasteiger partial charge in [0.25, 0.3) is 0 Å². The summed E-state index contributed by atoms with van der Waals surface area (Å²) >= 11 is 0. The molecule has 1 atom stereocenters. The fourth-order valence-corrected chi connectivity index (χ4v) is 1.88. The lowest BCUT2D eigenvalue weighted by atomic mass is 10.1. The Labute approximate surface area is 99.9 Å². The Morgan fingerprint density at radius 2 is 2.12 bits per heavy atom. The molecule has 88 valence electrons. The molecule has 2 rings (SSSR count). The number of nitrogens with zero attached hydrogens (tertiary/aromatic N) is 1. The van der Waals surface area contributed by atoms with Crippen molar-refractivity contribution in [3.63, 3.8) is 0 Å². The number of hydrogen-bond donors (Lipinski definition) is 2. The van der Waals surface area contributed by atoms with Gasteiger partial charge in [0.1, 0.15) is 0 Å². The van der Waals surface area contributed by atoms with Gasteiger partial charge in [-0.3, -0.25) is 4.79 Å². The van der Waals surface area contributed by atoms with E-state index >= 15 is 0 Å². The molecule has 1 aliphatic carbocycles. The molecule has 1 aromatic rings. The molecule has 17 heavy (non-hydrogen) atoms. The monoisotopic (exact) mass is 230 g/mol. The van der Waals surface area contributed by atoms with Gasteiger partial charge < -0.3 is 10.4 Å². The summed E-state index contributed by atoms with van der Waals surface area (Å²) < 4.78 is 0. The van der Waals surface area contributed by atoms with Crippen LogP contribution >= 0.6 is 0 Å². The van der Waals surface area contributed by atoms with Gasteiger partial charge >= 0.3 is 5.97 Å². The lowest BCUT2D eigenvalue weighted by Crippen LogP contribution is -2.25. The quantitative estimate of drug-likeness (QED) is 0.813. The standard InChI is InChI=1S/C13H14N2O2/c14-8-9-1-5-11(6-2-9)15-12(7-13(16)17)10-3-4-10/h1-2,5-6,10,12,15H,3-4,7H2,(H,16,17). The van der Waals surface area contributed by atoms with Crippen LogP contribution in [0, 0.1) is 17.2 Å². The molecule has 1 aliphatic rings. The van der Waals surface area contributed by atoms with Crippen LogP contribution in [0.3, 0.4) is 0 Å². The van der Waals surface area contributed by atoms with Crippen molar-refractivity contribution in [3.8, 4) is 6.07 Å². The molecule has 0 heterocycles. The Morgan fingerprint density at radius 1 is 1.47 bits per heavy atom.